The quantitative estimate of drug-likeness (QED) is 0.389. The van der Waals surface area contributed by atoms with Gasteiger partial charge >= 0.3 is 0 Å². The van der Waals surface area contributed by atoms with E-state index >= 15 is 0 Å². The van der Waals surface area contributed by atoms with Gasteiger partial charge in [-0.2, -0.15) is 0 Å². The summed E-state index contributed by atoms with van der Waals surface area (Å²) in [5.74, 6) is 0.595. The number of carbonyl (C=O) groups excluding carboxylic acids is 1. The van der Waals surface area contributed by atoms with Gasteiger partial charge in [0.05, 0.1) is 24.1 Å². The summed E-state index contributed by atoms with van der Waals surface area (Å²) in [6, 6.07) is 22.3. The van der Waals surface area contributed by atoms with E-state index in [0.717, 1.165) is 16.9 Å². The number of ether oxygens (including phenoxy) is 1. The van der Waals surface area contributed by atoms with Crippen LogP contribution in [0.1, 0.15) is 59.6 Å². The minimum Gasteiger partial charge on any atom is -0.497 e. The molecule has 1 aliphatic heterocycles. The van der Waals surface area contributed by atoms with Gasteiger partial charge in [-0.1, -0.05) is 69.3 Å². The molecule has 1 aromatic heterocycles. The number of benzene rings is 3. The van der Waals surface area contributed by atoms with Gasteiger partial charge in [-0.25, -0.2) is 0 Å². The molecule has 1 aliphatic rings. The zero-order valence-electron chi connectivity index (χ0n) is 19.8. The van der Waals surface area contributed by atoms with E-state index in [9.17, 15) is 9.59 Å². The molecule has 34 heavy (non-hydrogen) atoms. The van der Waals surface area contributed by atoms with Crippen molar-refractivity contribution in [3.63, 3.8) is 0 Å². The van der Waals surface area contributed by atoms with Crippen LogP contribution in [0.3, 0.4) is 0 Å². The summed E-state index contributed by atoms with van der Waals surface area (Å²) in [6.07, 6.45) is 0. The number of para-hydroxylation sites is 1. The Kier molecular flexibility index (Phi) is 5.28. The van der Waals surface area contributed by atoms with Crippen LogP contribution in [-0.4, -0.2) is 17.9 Å². The van der Waals surface area contributed by atoms with Gasteiger partial charge in [0.15, 0.2) is 5.43 Å². The van der Waals surface area contributed by atoms with Crippen molar-refractivity contribution in [3.8, 4) is 5.75 Å². The monoisotopic (exact) mass is 453 g/mol. The van der Waals surface area contributed by atoms with Gasteiger partial charge in [-0.05, 0) is 46.4 Å². The molecule has 0 spiro atoms. The maximum atomic E-state index is 13.6. The van der Waals surface area contributed by atoms with E-state index in [-0.39, 0.29) is 22.5 Å². The molecule has 5 nitrogen and oxygen atoms in total. The molecule has 4 aromatic rings. The van der Waals surface area contributed by atoms with E-state index in [2.05, 4.69) is 32.9 Å². The minimum atomic E-state index is -0.528. The molecular weight excluding hydrogens is 426 g/mol. The first-order chi connectivity index (χ1) is 16.3. The minimum absolute atomic E-state index is 0.0000550. The summed E-state index contributed by atoms with van der Waals surface area (Å²) in [5, 5.41) is 0.483. The summed E-state index contributed by atoms with van der Waals surface area (Å²) in [7, 11) is 1.62. The summed E-state index contributed by atoms with van der Waals surface area (Å²) in [5.41, 5.74) is 3.68. The lowest BCUT2D eigenvalue weighted by Crippen LogP contribution is -2.29. The lowest BCUT2D eigenvalue weighted by Gasteiger charge is -2.26. The fourth-order valence-electron chi connectivity index (χ4n) is 4.57. The van der Waals surface area contributed by atoms with Crippen LogP contribution in [0.2, 0.25) is 0 Å². The molecular formula is C29H27NO4. The first-order valence-electron chi connectivity index (χ1n) is 11.4. The molecule has 0 N–H and O–H groups in total. The highest BCUT2D eigenvalue weighted by Crippen LogP contribution is 2.39. The number of fused-ring (bicyclic) bond motifs is 2. The van der Waals surface area contributed by atoms with Crippen LogP contribution in [0.15, 0.2) is 82.0 Å². The topological polar surface area (TPSA) is 59.8 Å². The van der Waals surface area contributed by atoms with Gasteiger partial charge in [-0.3, -0.25) is 9.59 Å². The zero-order valence-corrected chi connectivity index (χ0v) is 19.8. The number of carbonyl (C=O) groups is 1. The van der Waals surface area contributed by atoms with Crippen molar-refractivity contribution < 1.29 is 13.9 Å². The predicted octanol–water partition coefficient (Wildman–Crippen LogP) is 5.84. The first kappa shape index (κ1) is 22.0. The van der Waals surface area contributed by atoms with Gasteiger partial charge in [-0.15, -0.1) is 0 Å². The molecule has 2 heterocycles. The lowest BCUT2D eigenvalue weighted by molar-refractivity contribution is 0.0714. The normalized spacial score (nSPS) is 15.6. The Balaban J connectivity index is 1.66. The van der Waals surface area contributed by atoms with Crippen molar-refractivity contribution in [2.24, 2.45) is 0 Å². The number of rotatable bonds is 4. The average Bonchev–Trinajstić information content (AvgIpc) is 3.11. The van der Waals surface area contributed by atoms with Crippen molar-refractivity contribution in [3.05, 3.63) is 111 Å². The van der Waals surface area contributed by atoms with Crippen molar-refractivity contribution >= 4 is 16.9 Å². The third kappa shape index (κ3) is 3.67. The van der Waals surface area contributed by atoms with Crippen LogP contribution < -0.4 is 10.2 Å². The zero-order chi connectivity index (χ0) is 24.0. The second-order valence-electron chi connectivity index (χ2n) is 9.73. The molecule has 0 bridgehead atoms. The third-order valence-corrected chi connectivity index (χ3v) is 6.48. The average molecular weight is 454 g/mol. The van der Waals surface area contributed by atoms with Gasteiger partial charge in [0.2, 0.25) is 5.76 Å². The number of amides is 1. The van der Waals surface area contributed by atoms with E-state index in [1.807, 2.05) is 42.5 Å². The van der Waals surface area contributed by atoms with Crippen LogP contribution in [0.4, 0.5) is 0 Å². The van der Waals surface area contributed by atoms with Gasteiger partial charge in [0.1, 0.15) is 11.3 Å². The Morgan fingerprint density at radius 1 is 0.912 bits per heavy atom. The molecule has 172 valence electrons. The number of nitrogens with zero attached hydrogens (tertiary/aromatic N) is 1. The van der Waals surface area contributed by atoms with Crippen LogP contribution in [0.25, 0.3) is 11.0 Å². The molecule has 0 saturated carbocycles. The van der Waals surface area contributed by atoms with E-state index in [1.54, 1.807) is 30.2 Å². The van der Waals surface area contributed by atoms with Crippen molar-refractivity contribution in [2.75, 3.05) is 7.11 Å². The van der Waals surface area contributed by atoms with Gasteiger partial charge in [0.25, 0.3) is 5.91 Å². The highest BCUT2D eigenvalue weighted by molar-refractivity contribution is 5.99. The molecule has 1 atom stereocenters. The fraction of sp³-hybridized carbons (Fsp3) is 0.241. The number of hydrogen-bond donors (Lipinski definition) is 0. The standard InChI is InChI=1S/C29H27NO4/c1-29(2,3)20-13-11-19(12-14-20)25-24-26(31)22-7-5-6-8-23(22)34-27(24)28(32)30(25)17-18-9-15-21(33-4)16-10-18/h5-16,25H,17H2,1-4H3/t25-/m0/s1. The highest BCUT2D eigenvalue weighted by atomic mass is 16.5. The summed E-state index contributed by atoms with van der Waals surface area (Å²) < 4.78 is 11.3. The third-order valence-electron chi connectivity index (χ3n) is 6.48. The molecule has 0 radical (unpaired) electrons. The smallest absolute Gasteiger partial charge is 0.291 e. The van der Waals surface area contributed by atoms with E-state index < -0.39 is 6.04 Å². The van der Waals surface area contributed by atoms with E-state index in [1.165, 1.54) is 5.56 Å². The summed E-state index contributed by atoms with van der Waals surface area (Å²) in [4.78, 5) is 28.9. The molecule has 0 unspecified atom stereocenters. The van der Waals surface area contributed by atoms with Crippen molar-refractivity contribution in [1.29, 1.82) is 0 Å². The molecule has 5 heteroatoms. The lowest BCUT2D eigenvalue weighted by atomic mass is 9.86. The second kappa shape index (κ2) is 8.17. The Morgan fingerprint density at radius 2 is 1.59 bits per heavy atom. The van der Waals surface area contributed by atoms with Crippen LogP contribution in [0, 0.1) is 0 Å². The predicted molar refractivity (Wildman–Crippen MR) is 132 cm³/mol. The van der Waals surface area contributed by atoms with Crippen molar-refractivity contribution in [2.45, 2.75) is 38.8 Å². The van der Waals surface area contributed by atoms with Crippen LogP contribution >= 0.6 is 0 Å². The maximum absolute atomic E-state index is 13.6. The highest BCUT2D eigenvalue weighted by Gasteiger charge is 2.42. The Morgan fingerprint density at radius 3 is 2.24 bits per heavy atom. The molecule has 5 rings (SSSR count). The van der Waals surface area contributed by atoms with Gasteiger partial charge < -0.3 is 14.1 Å². The summed E-state index contributed by atoms with van der Waals surface area (Å²) in [6.45, 7) is 6.82. The second-order valence-corrected chi connectivity index (χ2v) is 9.73. The van der Waals surface area contributed by atoms with Gasteiger partial charge in [0, 0.05) is 6.54 Å². The Labute approximate surface area is 198 Å². The molecule has 1 amide bonds. The molecule has 0 aliphatic carbocycles. The van der Waals surface area contributed by atoms with E-state index in [0.29, 0.717) is 23.1 Å². The molecule has 0 fully saturated rings. The van der Waals surface area contributed by atoms with Crippen LogP contribution in [-0.2, 0) is 12.0 Å². The Hall–Kier alpha value is -3.86. The summed E-state index contributed by atoms with van der Waals surface area (Å²) >= 11 is 0. The first-order valence-corrected chi connectivity index (χ1v) is 11.4. The maximum Gasteiger partial charge on any atom is 0.291 e. The van der Waals surface area contributed by atoms with Crippen LogP contribution in [0.5, 0.6) is 5.75 Å². The van der Waals surface area contributed by atoms with Crippen molar-refractivity contribution in [1.82, 2.24) is 4.90 Å². The number of hydrogen-bond acceptors (Lipinski definition) is 4. The number of methoxy groups -OCH3 is 1. The van der Waals surface area contributed by atoms with E-state index in [4.69, 9.17) is 9.15 Å². The SMILES string of the molecule is COc1ccc(CN2C(=O)c3oc4ccccc4c(=O)c3[C@@H]2c2ccc(C(C)(C)C)cc2)cc1. The molecule has 0 saturated heterocycles. The molecule has 3 aromatic carbocycles. The largest absolute Gasteiger partial charge is 0.497 e. The fourth-order valence-corrected chi connectivity index (χ4v) is 4.57. The Bertz CT molecular complexity index is 1430.